The molecule has 14 heteroatoms. The van der Waals surface area contributed by atoms with Crippen LogP contribution in [-0.4, -0.2) is 105 Å². The summed E-state index contributed by atoms with van der Waals surface area (Å²) in [6, 6.07) is 18.6. The first kappa shape index (κ1) is 46.5. The number of nitrogens with zero attached hydrogens (tertiary/aromatic N) is 5. The summed E-state index contributed by atoms with van der Waals surface area (Å²) in [6.07, 6.45) is 6.75. The van der Waals surface area contributed by atoms with E-state index in [4.69, 9.17) is 25.4 Å². The second kappa shape index (κ2) is 19.6. The number of fused-ring (bicyclic) bond motifs is 2. The molecule has 1 fully saturated rings. The highest BCUT2D eigenvalue weighted by atomic mass is 32.2. The molecule has 1 aliphatic heterocycles. The number of allylic oxidation sites excluding steroid dienone is 1. The van der Waals surface area contributed by atoms with Gasteiger partial charge in [0.1, 0.15) is 16.5 Å². The fourth-order valence-electron chi connectivity index (χ4n) is 9.73. The van der Waals surface area contributed by atoms with Crippen molar-refractivity contribution in [3.05, 3.63) is 83.2 Å². The van der Waals surface area contributed by atoms with E-state index in [1.165, 1.54) is 17.3 Å². The van der Waals surface area contributed by atoms with Crippen LogP contribution >= 0.6 is 11.3 Å². The summed E-state index contributed by atoms with van der Waals surface area (Å²) in [5.41, 5.74) is 13.2. The number of carbonyl (C=O) groups excluding carboxylic acids is 1. The van der Waals surface area contributed by atoms with E-state index in [1.54, 1.807) is 11.3 Å². The minimum absolute atomic E-state index is 0.0186. The van der Waals surface area contributed by atoms with Gasteiger partial charge in [-0.3, -0.25) is 19.2 Å². The van der Waals surface area contributed by atoms with Gasteiger partial charge in [0.25, 0.3) is 10.1 Å². The lowest BCUT2D eigenvalue weighted by atomic mass is 9.71. The normalized spacial score (nSPS) is 21.4. The molecular formula is C47H65N7O5S2. The third-order valence-electron chi connectivity index (χ3n) is 12.2. The summed E-state index contributed by atoms with van der Waals surface area (Å²) < 4.78 is 40.4. The zero-order valence-corrected chi connectivity index (χ0v) is 38.7. The van der Waals surface area contributed by atoms with Gasteiger partial charge in [-0.05, 0) is 111 Å². The van der Waals surface area contributed by atoms with Crippen LogP contribution in [-0.2, 0) is 27.8 Å². The van der Waals surface area contributed by atoms with E-state index < -0.39 is 10.1 Å². The van der Waals surface area contributed by atoms with Crippen molar-refractivity contribution in [1.82, 2.24) is 20.2 Å². The van der Waals surface area contributed by atoms with Crippen molar-refractivity contribution in [1.29, 1.82) is 0 Å². The first-order valence-corrected chi connectivity index (χ1v) is 23.9. The summed E-state index contributed by atoms with van der Waals surface area (Å²) >= 11 is 1.71. The van der Waals surface area contributed by atoms with Crippen LogP contribution in [0.25, 0.3) is 26.4 Å². The lowest BCUT2D eigenvalue weighted by molar-refractivity contribution is -0.0368. The molecule has 2 aromatic heterocycles. The molecule has 6 rings (SSSR count). The molecule has 4 N–H and O–H groups in total. The molecule has 3 heterocycles. The van der Waals surface area contributed by atoms with Gasteiger partial charge in [0, 0.05) is 61.3 Å². The lowest BCUT2D eigenvalue weighted by Crippen LogP contribution is -2.37. The zero-order valence-electron chi connectivity index (χ0n) is 37.0. The van der Waals surface area contributed by atoms with Crippen LogP contribution in [0.15, 0.2) is 65.8 Å². The molecule has 1 saturated carbocycles. The number of hydrogen-bond donors (Lipinski definition) is 3. The predicted octanol–water partition coefficient (Wildman–Crippen LogP) is 7.92. The Morgan fingerprint density at radius 2 is 1.90 bits per heavy atom. The average molecular weight is 872 g/mol. The second-order valence-electron chi connectivity index (χ2n) is 18.8. The lowest BCUT2D eigenvalue weighted by Gasteiger charge is -2.38. The number of nitrogens with one attached hydrogen (secondary N) is 1. The Balaban J connectivity index is 1.16. The first-order valence-electron chi connectivity index (χ1n) is 21.5. The van der Waals surface area contributed by atoms with Crippen LogP contribution in [0.1, 0.15) is 94.4 Å². The van der Waals surface area contributed by atoms with Crippen LogP contribution in [0.4, 0.5) is 5.82 Å². The summed E-state index contributed by atoms with van der Waals surface area (Å²) in [5.74, 6) is 0.436. The highest BCUT2D eigenvalue weighted by molar-refractivity contribution is 7.85. The van der Waals surface area contributed by atoms with E-state index >= 15 is 0 Å². The molecule has 61 heavy (non-hydrogen) atoms. The van der Waals surface area contributed by atoms with Gasteiger partial charge in [-0.2, -0.15) is 8.42 Å². The van der Waals surface area contributed by atoms with Crippen LogP contribution in [0.5, 0.6) is 0 Å². The monoisotopic (exact) mass is 871 g/mol. The molecule has 0 radical (unpaired) electrons. The number of carbonyl (C=O) groups is 1. The molecule has 2 aliphatic rings. The number of aliphatic imine (C=N–C) groups is 1. The van der Waals surface area contributed by atoms with Gasteiger partial charge in [-0.15, -0.1) is 11.3 Å². The van der Waals surface area contributed by atoms with E-state index in [9.17, 15) is 17.8 Å². The number of hydrogen-bond acceptors (Lipinski definition) is 12. The Kier molecular flexibility index (Phi) is 14.9. The quantitative estimate of drug-likeness (QED) is 0.0363. The number of pyridine rings is 1. The van der Waals surface area contributed by atoms with Crippen LogP contribution in [0, 0.1) is 16.2 Å². The van der Waals surface area contributed by atoms with Crippen molar-refractivity contribution in [3.8, 4) is 10.6 Å². The van der Waals surface area contributed by atoms with Crippen LogP contribution < -0.4 is 16.0 Å². The van der Waals surface area contributed by atoms with Gasteiger partial charge >= 0.3 is 0 Å². The number of rotatable bonds is 19. The maximum absolute atomic E-state index is 12.7. The number of anilines is 1. The van der Waals surface area contributed by atoms with E-state index in [0.29, 0.717) is 49.6 Å². The standard InChI is InChI=1S/C47H65N7O5S2/c1-33(50-32-46(5)26-42(47(6,31-46)30-45(2,3)4)59-24-22-53(20-11-19-49-7)23-25-61(56,57)58)37(27-48)35-16-17-43(51-40(35)29-55)54-21-18-34-12-10-13-36(38(34)28-54)44-52-39-14-8-9-15-41(39)60-44/h8-10,12-17,27,29,42,49H,11,18-26,28,30-32,48H2,1-7H3,(H,56,57,58). The molecule has 0 bridgehead atoms. The largest absolute Gasteiger partial charge is 0.404 e. The molecule has 3 unspecified atom stereocenters. The highest BCUT2D eigenvalue weighted by Gasteiger charge is 2.51. The first-order chi connectivity index (χ1) is 28.9. The SMILES string of the molecule is CNCCCN(CCOC1CC(C)(CN=C(C)C(=CN)c2ccc(N3CCc4cccc(-c5nc6ccccc6s5)c4C3)nc2C=O)CC1(C)CC(C)(C)C)CCS(=O)(=O)O. The molecule has 4 aromatic rings. The predicted molar refractivity (Wildman–Crippen MR) is 250 cm³/mol. The van der Waals surface area contributed by atoms with Gasteiger partial charge < -0.3 is 20.7 Å². The number of aromatic nitrogens is 2. The van der Waals surface area contributed by atoms with Crippen LogP contribution in [0.2, 0.25) is 0 Å². The van der Waals surface area contributed by atoms with Gasteiger partial charge in [0.2, 0.25) is 0 Å². The van der Waals surface area contributed by atoms with E-state index in [1.807, 2.05) is 38.2 Å². The van der Waals surface area contributed by atoms with Crippen molar-refractivity contribution >= 4 is 55.1 Å². The number of ether oxygens (including phenoxy) is 1. The minimum atomic E-state index is -4.06. The molecule has 330 valence electrons. The van der Waals surface area contributed by atoms with Crippen molar-refractivity contribution < 1.29 is 22.5 Å². The Morgan fingerprint density at radius 3 is 2.61 bits per heavy atom. The van der Waals surface area contributed by atoms with Gasteiger partial charge in [-0.25, -0.2) is 9.97 Å². The summed E-state index contributed by atoms with van der Waals surface area (Å²) in [4.78, 5) is 32.0. The Morgan fingerprint density at radius 1 is 1.11 bits per heavy atom. The van der Waals surface area contributed by atoms with Crippen molar-refractivity contribution in [2.24, 2.45) is 27.0 Å². The Bertz CT molecular complexity index is 2310. The topological polar surface area (TPSA) is 163 Å². The molecule has 0 saturated heterocycles. The maximum Gasteiger partial charge on any atom is 0.266 e. The molecular weight excluding hydrogens is 807 g/mol. The van der Waals surface area contributed by atoms with Crippen molar-refractivity contribution in [3.63, 3.8) is 0 Å². The minimum Gasteiger partial charge on any atom is -0.404 e. The van der Waals surface area contributed by atoms with E-state index in [-0.39, 0.29) is 34.6 Å². The number of thiazole rings is 1. The van der Waals surface area contributed by atoms with Gasteiger partial charge in [0.05, 0.1) is 28.7 Å². The Hall–Kier alpha value is -4.05. The molecule has 0 amide bonds. The summed E-state index contributed by atoms with van der Waals surface area (Å²) in [5, 5.41) is 4.15. The molecule has 2 aromatic carbocycles. The maximum atomic E-state index is 12.7. The Labute approximate surface area is 366 Å². The fraction of sp³-hybridized carbons (Fsp3) is 0.532. The van der Waals surface area contributed by atoms with Gasteiger partial charge in [0.15, 0.2) is 6.29 Å². The third kappa shape index (κ3) is 11.9. The van der Waals surface area contributed by atoms with Crippen LogP contribution in [0.3, 0.4) is 0 Å². The van der Waals surface area contributed by atoms with E-state index in [0.717, 1.165) is 83.8 Å². The highest BCUT2D eigenvalue weighted by Crippen LogP contribution is 2.55. The summed E-state index contributed by atoms with van der Waals surface area (Å²) in [7, 11) is -2.17. The molecule has 12 nitrogen and oxygen atoms in total. The number of para-hydroxylation sites is 1. The molecule has 0 spiro atoms. The smallest absolute Gasteiger partial charge is 0.266 e. The van der Waals surface area contributed by atoms with Gasteiger partial charge in [-0.1, -0.05) is 65.0 Å². The summed E-state index contributed by atoms with van der Waals surface area (Å²) in [6.45, 7) is 18.1. The van der Waals surface area contributed by atoms with Crippen molar-refractivity contribution in [2.75, 3.05) is 63.6 Å². The third-order valence-corrected chi connectivity index (χ3v) is 14.0. The molecule has 1 aliphatic carbocycles. The number of nitrogens with two attached hydrogens (primary N) is 1. The van der Waals surface area contributed by atoms with E-state index in [2.05, 4.69) is 80.1 Å². The second-order valence-corrected chi connectivity index (χ2v) is 21.4. The molecule has 3 atom stereocenters. The zero-order chi connectivity index (χ0) is 44.0. The fourth-order valence-corrected chi connectivity index (χ4v) is 11.2. The average Bonchev–Trinajstić information content (AvgIpc) is 3.75. The van der Waals surface area contributed by atoms with Crippen molar-refractivity contribution in [2.45, 2.75) is 86.3 Å². The number of aldehydes is 1. The number of benzene rings is 2.